The minimum Gasteiger partial charge on any atom is -0.469 e. The first-order chi connectivity index (χ1) is 5.63. The maximum absolute atomic E-state index is 11.1. The molecule has 0 aliphatic heterocycles. The molecule has 12 heavy (non-hydrogen) atoms. The van der Waals surface area contributed by atoms with Gasteiger partial charge in [-0.1, -0.05) is 0 Å². The van der Waals surface area contributed by atoms with Crippen LogP contribution in [-0.4, -0.2) is 32.7 Å². The number of esters is 1. The molecule has 0 amide bonds. The average molecular weight is 174 g/mol. The Morgan fingerprint density at radius 3 is 2.58 bits per heavy atom. The minimum absolute atomic E-state index is 0.147. The Kier molecular flexibility index (Phi) is 5.66. The van der Waals surface area contributed by atoms with Gasteiger partial charge in [0.25, 0.3) is 0 Å². The van der Waals surface area contributed by atoms with E-state index in [1.807, 2.05) is 14.0 Å². The van der Waals surface area contributed by atoms with Crippen LogP contribution < -0.4 is 11.1 Å². The van der Waals surface area contributed by atoms with Crippen molar-refractivity contribution < 1.29 is 9.53 Å². The fourth-order valence-electron chi connectivity index (χ4n) is 1.05. The summed E-state index contributed by atoms with van der Waals surface area (Å²) in [6.07, 6.45) is 0.723. The molecule has 2 atom stereocenters. The normalized spacial score (nSPS) is 15.3. The third-order valence-electron chi connectivity index (χ3n) is 1.84. The molecule has 0 aliphatic rings. The van der Waals surface area contributed by atoms with E-state index in [-0.39, 0.29) is 17.9 Å². The Morgan fingerprint density at radius 1 is 1.67 bits per heavy atom. The van der Waals surface area contributed by atoms with Crippen LogP contribution in [0.4, 0.5) is 0 Å². The molecule has 0 bridgehead atoms. The lowest BCUT2D eigenvalue weighted by Gasteiger charge is -2.17. The van der Waals surface area contributed by atoms with E-state index in [1.54, 1.807) is 0 Å². The Labute approximate surface area is 73.5 Å². The largest absolute Gasteiger partial charge is 0.469 e. The van der Waals surface area contributed by atoms with Gasteiger partial charge in [-0.2, -0.15) is 0 Å². The van der Waals surface area contributed by atoms with Crippen molar-refractivity contribution in [1.82, 2.24) is 5.32 Å². The Morgan fingerprint density at radius 2 is 2.25 bits per heavy atom. The van der Waals surface area contributed by atoms with Gasteiger partial charge in [0.15, 0.2) is 0 Å². The van der Waals surface area contributed by atoms with Gasteiger partial charge in [-0.05, 0) is 26.9 Å². The summed E-state index contributed by atoms with van der Waals surface area (Å²) in [5.41, 5.74) is 5.63. The summed E-state index contributed by atoms with van der Waals surface area (Å²) in [4.78, 5) is 11.1. The van der Waals surface area contributed by atoms with Crippen molar-refractivity contribution in [3.8, 4) is 0 Å². The predicted molar refractivity (Wildman–Crippen MR) is 47.7 cm³/mol. The van der Waals surface area contributed by atoms with Crippen molar-refractivity contribution in [1.29, 1.82) is 0 Å². The number of nitrogens with two attached hydrogens (primary N) is 1. The van der Waals surface area contributed by atoms with Crippen LogP contribution in [0, 0.1) is 5.92 Å². The van der Waals surface area contributed by atoms with Crippen LogP contribution >= 0.6 is 0 Å². The zero-order valence-corrected chi connectivity index (χ0v) is 7.96. The summed E-state index contributed by atoms with van der Waals surface area (Å²) in [5.74, 6) is -0.414. The van der Waals surface area contributed by atoms with Crippen molar-refractivity contribution in [3.05, 3.63) is 0 Å². The van der Waals surface area contributed by atoms with Gasteiger partial charge in [-0.25, -0.2) is 0 Å². The average Bonchev–Trinajstić information content (AvgIpc) is 2.04. The van der Waals surface area contributed by atoms with Crippen molar-refractivity contribution in [2.24, 2.45) is 11.7 Å². The van der Waals surface area contributed by atoms with Crippen LogP contribution in [-0.2, 0) is 9.53 Å². The first-order valence-electron chi connectivity index (χ1n) is 4.11. The second kappa shape index (κ2) is 5.97. The van der Waals surface area contributed by atoms with Gasteiger partial charge in [0.1, 0.15) is 0 Å². The molecule has 0 saturated carbocycles. The number of methoxy groups -OCH3 is 1. The van der Waals surface area contributed by atoms with Gasteiger partial charge in [0.05, 0.1) is 13.0 Å². The third kappa shape index (κ3) is 3.69. The SMILES string of the molecule is CNCCC(C(=O)OC)C(C)N. The smallest absolute Gasteiger partial charge is 0.310 e. The maximum atomic E-state index is 11.1. The van der Waals surface area contributed by atoms with E-state index in [0.29, 0.717) is 0 Å². The topological polar surface area (TPSA) is 64.3 Å². The lowest BCUT2D eigenvalue weighted by molar-refractivity contribution is -0.146. The highest BCUT2D eigenvalue weighted by molar-refractivity contribution is 5.73. The lowest BCUT2D eigenvalue weighted by atomic mass is 9.98. The molecule has 0 aromatic heterocycles. The molecule has 0 aliphatic carbocycles. The van der Waals surface area contributed by atoms with Crippen LogP contribution in [0.5, 0.6) is 0 Å². The maximum Gasteiger partial charge on any atom is 0.310 e. The van der Waals surface area contributed by atoms with Crippen molar-refractivity contribution in [2.45, 2.75) is 19.4 Å². The number of carbonyl (C=O) groups is 1. The number of hydrogen-bond acceptors (Lipinski definition) is 4. The van der Waals surface area contributed by atoms with Crippen LogP contribution in [0.3, 0.4) is 0 Å². The molecule has 0 aromatic rings. The van der Waals surface area contributed by atoms with Gasteiger partial charge in [0.2, 0.25) is 0 Å². The summed E-state index contributed by atoms with van der Waals surface area (Å²) in [7, 11) is 3.23. The fourth-order valence-corrected chi connectivity index (χ4v) is 1.05. The lowest BCUT2D eigenvalue weighted by Crippen LogP contribution is -2.35. The van der Waals surface area contributed by atoms with E-state index in [9.17, 15) is 4.79 Å². The molecule has 0 heterocycles. The molecule has 0 aromatic carbocycles. The zero-order valence-electron chi connectivity index (χ0n) is 7.96. The predicted octanol–water partition coefficient (Wildman–Crippen LogP) is -0.268. The first-order valence-corrected chi connectivity index (χ1v) is 4.11. The molecule has 4 nitrogen and oxygen atoms in total. The van der Waals surface area contributed by atoms with Crippen LogP contribution in [0.2, 0.25) is 0 Å². The number of rotatable bonds is 5. The van der Waals surface area contributed by atoms with Gasteiger partial charge in [-0.15, -0.1) is 0 Å². The Bertz CT molecular complexity index is 137. The van der Waals surface area contributed by atoms with Gasteiger partial charge >= 0.3 is 5.97 Å². The zero-order chi connectivity index (χ0) is 9.56. The van der Waals surface area contributed by atoms with E-state index in [2.05, 4.69) is 10.1 Å². The Balaban J connectivity index is 3.95. The number of ether oxygens (including phenoxy) is 1. The Hall–Kier alpha value is -0.610. The van der Waals surface area contributed by atoms with Gasteiger partial charge in [0, 0.05) is 6.04 Å². The number of nitrogens with one attached hydrogen (secondary N) is 1. The van der Waals surface area contributed by atoms with Crippen LogP contribution in [0.1, 0.15) is 13.3 Å². The molecule has 4 heteroatoms. The van der Waals surface area contributed by atoms with Crippen molar-refractivity contribution in [3.63, 3.8) is 0 Å². The van der Waals surface area contributed by atoms with Gasteiger partial charge in [-0.3, -0.25) is 4.79 Å². The highest BCUT2D eigenvalue weighted by Crippen LogP contribution is 2.08. The van der Waals surface area contributed by atoms with Crippen LogP contribution in [0.25, 0.3) is 0 Å². The molecule has 0 fully saturated rings. The summed E-state index contributed by atoms with van der Waals surface area (Å²) in [6, 6.07) is -0.147. The molecule has 0 spiro atoms. The summed E-state index contributed by atoms with van der Waals surface area (Å²) in [6.45, 7) is 2.60. The fraction of sp³-hybridized carbons (Fsp3) is 0.875. The van der Waals surface area contributed by atoms with E-state index < -0.39 is 0 Å². The van der Waals surface area contributed by atoms with Gasteiger partial charge < -0.3 is 15.8 Å². The summed E-state index contributed by atoms with van der Waals surface area (Å²) < 4.78 is 4.62. The minimum atomic E-state index is -0.222. The molecule has 2 unspecified atom stereocenters. The second-order valence-corrected chi connectivity index (χ2v) is 2.88. The van der Waals surface area contributed by atoms with E-state index >= 15 is 0 Å². The van der Waals surface area contributed by atoms with E-state index in [0.717, 1.165) is 13.0 Å². The third-order valence-corrected chi connectivity index (χ3v) is 1.84. The van der Waals surface area contributed by atoms with Crippen molar-refractivity contribution >= 4 is 5.97 Å². The highest BCUT2D eigenvalue weighted by atomic mass is 16.5. The second-order valence-electron chi connectivity index (χ2n) is 2.88. The molecular weight excluding hydrogens is 156 g/mol. The number of hydrogen-bond donors (Lipinski definition) is 2. The molecule has 0 saturated heterocycles. The highest BCUT2D eigenvalue weighted by Gasteiger charge is 2.22. The molecule has 3 N–H and O–H groups in total. The van der Waals surface area contributed by atoms with Crippen molar-refractivity contribution in [2.75, 3.05) is 20.7 Å². The monoisotopic (exact) mass is 174 g/mol. The summed E-state index contributed by atoms with van der Waals surface area (Å²) >= 11 is 0. The van der Waals surface area contributed by atoms with Crippen LogP contribution in [0.15, 0.2) is 0 Å². The van der Waals surface area contributed by atoms with E-state index in [1.165, 1.54) is 7.11 Å². The summed E-state index contributed by atoms with van der Waals surface area (Å²) in [5, 5.41) is 2.97. The van der Waals surface area contributed by atoms with E-state index in [4.69, 9.17) is 5.73 Å². The quantitative estimate of drug-likeness (QED) is 0.563. The molecule has 72 valence electrons. The standard InChI is InChI=1S/C8H18N2O2/c1-6(9)7(4-5-10-2)8(11)12-3/h6-7,10H,4-5,9H2,1-3H3. The molecule has 0 rings (SSSR count). The first kappa shape index (κ1) is 11.4. The number of carbonyl (C=O) groups excluding carboxylic acids is 1. The molecular formula is C8H18N2O2. The molecule has 0 radical (unpaired) electrons.